The average Bonchev–Trinajstić information content (AvgIpc) is 2.43. The summed E-state index contributed by atoms with van der Waals surface area (Å²) in [6.45, 7) is 3.15. The van der Waals surface area contributed by atoms with E-state index in [-0.39, 0.29) is 12.5 Å². The van der Waals surface area contributed by atoms with Crippen LogP contribution in [0.5, 0.6) is 5.75 Å². The third-order valence-electron chi connectivity index (χ3n) is 2.26. The first-order valence-electron chi connectivity index (χ1n) is 6.23. The van der Waals surface area contributed by atoms with Crippen molar-refractivity contribution in [2.45, 2.75) is 19.8 Å². The van der Waals surface area contributed by atoms with Gasteiger partial charge in [0.25, 0.3) is 0 Å². The summed E-state index contributed by atoms with van der Waals surface area (Å²) < 4.78 is 10.4. The SMILES string of the molecule is CCCOCCC(=O)Nc1ccc(OCC#N)cc1. The molecule has 102 valence electrons. The topological polar surface area (TPSA) is 71.3 Å². The van der Waals surface area contributed by atoms with Gasteiger partial charge in [0.05, 0.1) is 13.0 Å². The number of amides is 1. The molecule has 5 nitrogen and oxygen atoms in total. The highest BCUT2D eigenvalue weighted by Gasteiger charge is 2.02. The number of benzene rings is 1. The van der Waals surface area contributed by atoms with Crippen LogP contribution in [0.3, 0.4) is 0 Å². The van der Waals surface area contributed by atoms with Crippen LogP contribution in [0.2, 0.25) is 0 Å². The normalized spacial score (nSPS) is 9.68. The second-order valence-electron chi connectivity index (χ2n) is 3.88. The van der Waals surface area contributed by atoms with Gasteiger partial charge in [-0.05, 0) is 30.7 Å². The summed E-state index contributed by atoms with van der Waals surface area (Å²) in [5.74, 6) is 0.521. The van der Waals surface area contributed by atoms with Crippen LogP contribution in [-0.2, 0) is 9.53 Å². The molecule has 0 unspecified atom stereocenters. The van der Waals surface area contributed by atoms with Crippen LogP contribution in [0.15, 0.2) is 24.3 Å². The minimum Gasteiger partial charge on any atom is -0.479 e. The predicted molar refractivity (Wildman–Crippen MR) is 71.9 cm³/mol. The fraction of sp³-hybridized carbons (Fsp3) is 0.429. The average molecular weight is 262 g/mol. The molecule has 1 amide bonds. The Kier molecular flexibility index (Phi) is 7.06. The van der Waals surface area contributed by atoms with E-state index in [4.69, 9.17) is 14.7 Å². The lowest BCUT2D eigenvalue weighted by Gasteiger charge is -2.07. The Balaban J connectivity index is 2.32. The van der Waals surface area contributed by atoms with E-state index in [2.05, 4.69) is 5.32 Å². The minimum absolute atomic E-state index is 0.0144. The highest BCUT2D eigenvalue weighted by molar-refractivity contribution is 5.90. The van der Waals surface area contributed by atoms with Crippen LogP contribution in [0.25, 0.3) is 0 Å². The molecular formula is C14H18N2O3. The van der Waals surface area contributed by atoms with Crippen molar-refractivity contribution in [1.29, 1.82) is 5.26 Å². The molecule has 0 radical (unpaired) electrons. The summed E-state index contributed by atoms with van der Waals surface area (Å²) in [7, 11) is 0. The lowest BCUT2D eigenvalue weighted by Crippen LogP contribution is -2.14. The van der Waals surface area contributed by atoms with Crippen molar-refractivity contribution in [3.63, 3.8) is 0 Å². The zero-order valence-corrected chi connectivity index (χ0v) is 11.0. The number of nitriles is 1. The Bertz CT molecular complexity index is 423. The number of carbonyl (C=O) groups excluding carboxylic acids is 1. The molecule has 0 aliphatic rings. The smallest absolute Gasteiger partial charge is 0.226 e. The fourth-order valence-corrected chi connectivity index (χ4v) is 1.38. The van der Waals surface area contributed by atoms with Crippen LogP contribution in [0.4, 0.5) is 5.69 Å². The quantitative estimate of drug-likeness (QED) is 0.730. The maximum absolute atomic E-state index is 11.6. The maximum atomic E-state index is 11.6. The summed E-state index contributed by atoms with van der Waals surface area (Å²) in [6, 6.07) is 8.78. The standard InChI is InChI=1S/C14H18N2O3/c1-2-9-18-10-7-14(17)16-12-3-5-13(6-4-12)19-11-8-15/h3-6H,2,7,9-11H2,1H3,(H,16,17). The maximum Gasteiger partial charge on any atom is 0.226 e. The van der Waals surface area contributed by atoms with Crippen molar-refractivity contribution < 1.29 is 14.3 Å². The first kappa shape index (κ1) is 15.0. The number of rotatable bonds is 8. The van der Waals surface area contributed by atoms with E-state index in [1.807, 2.05) is 13.0 Å². The van der Waals surface area contributed by atoms with E-state index >= 15 is 0 Å². The predicted octanol–water partition coefficient (Wildman–Crippen LogP) is 2.34. The van der Waals surface area contributed by atoms with E-state index in [0.29, 0.717) is 31.1 Å². The van der Waals surface area contributed by atoms with Crippen LogP contribution < -0.4 is 10.1 Å². The summed E-state index contributed by atoms with van der Waals surface area (Å²) >= 11 is 0. The molecule has 0 aliphatic heterocycles. The molecule has 1 aromatic rings. The van der Waals surface area contributed by atoms with Crippen molar-refractivity contribution in [2.24, 2.45) is 0 Å². The lowest BCUT2D eigenvalue weighted by atomic mass is 10.3. The third kappa shape index (κ3) is 6.43. The van der Waals surface area contributed by atoms with Gasteiger partial charge in [-0.3, -0.25) is 4.79 Å². The first-order valence-corrected chi connectivity index (χ1v) is 6.23. The van der Waals surface area contributed by atoms with Gasteiger partial charge in [-0.25, -0.2) is 0 Å². The molecule has 0 saturated heterocycles. The number of hydrogen-bond acceptors (Lipinski definition) is 4. The van der Waals surface area contributed by atoms with E-state index < -0.39 is 0 Å². The molecule has 0 aliphatic carbocycles. The van der Waals surface area contributed by atoms with E-state index in [9.17, 15) is 4.79 Å². The zero-order chi connectivity index (χ0) is 13.9. The second-order valence-corrected chi connectivity index (χ2v) is 3.88. The van der Waals surface area contributed by atoms with E-state index in [1.165, 1.54) is 0 Å². The summed E-state index contributed by atoms with van der Waals surface area (Å²) in [4.78, 5) is 11.6. The molecule has 0 spiro atoms. The Hall–Kier alpha value is -2.06. The molecule has 0 aromatic heterocycles. The highest BCUT2D eigenvalue weighted by Crippen LogP contribution is 2.15. The largest absolute Gasteiger partial charge is 0.479 e. The summed E-state index contributed by atoms with van der Waals surface area (Å²) in [5, 5.41) is 11.1. The molecule has 1 N–H and O–H groups in total. The molecule has 1 aromatic carbocycles. The van der Waals surface area contributed by atoms with Gasteiger partial charge in [0, 0.05) is 12.3 Å². The number of anilines is 1. The Morgan fingerprint density at radius 3 is 2.68 bits per heavy atom. The molecule has 0 heterocycles. The number of ether oxygens (including phenoxy) is 2. The molecule has 0 atom stereocenters. The highest BCUT2D eigenvalue weighted by atomic mass is 16.5. The number of nitrogens with zero attached hydrogens (tertiary/aromatic N) is 1. The fourth-order valence-electron chi connectivity index (χ4n) is 1.38. The van der Waals surface area contributed by atoms with Crippen LogP contribution in [-0.4, -0.2) is 25.7 Å². The molecule has 19 heavy (non-hydrogen) atoms. The third-order valence-corrected chi connectivity index (χ3v) is 2.26. The molecule has 5 heteroatoms. The monoisotopic (exact) mass is 262 g/mol. The number of hydrogen-bond donors (Lipinski definition) is 1. The van der Waals surface area contributed by atoms with Gasteiger partial charge in [-0.15, -0.1) is 0 Å². The van der Waals surface area contributed by atoms with Crippen molar-refractivity contribution in [3.8, 4) is 11.8 Å². The van der Waals surface area contributed by atoms with Crippen LogP contribution >= 0.6 is 0 Å². The molecule has 0 bridgehead atoms. The first-order chi connectivity index (χ1) is 9.26. The summed E-state index contributed by atoms with van der Waals surface area (Å²) in [6.07, 6.45) is 1.29. The zero-order valence-electron chi connectivity index (χ0n) is 11.0. The van der Waals surface area contributed by atoms with Gasteiger partial charge in [0.1, 0.15) is 11.8 Å². The molecule has 0 fully saturated rings. The summed E-state index contributed by atoms with van der Waals surface area (Å²) in [5.41, 5.74) is 0.699. The van der Waals surface area contributed by atoms with Crippen LogP contribution in [0, 0.1) is 11.3 Å². The van der Waals surface area contributed by atoms with Gasteiger partial charge in [-0.2, -0.15) is 5.26 Å². The molecular weight excluding hydrogens is 244 g/mol. The lowest BCUT2D eigenvalue weighted by molar-refractivity contribution is -0.117. The van der Waals surface area contributed by atoms with Gasteiger partial charge in [0.2, 0.25) is 5.91 Å². The van der Waals surface area contributed by atoms with Gasteiger partial charge in [-0.1, -0.05) is 6.92 Å². The van der Waals surface area contributed by atoms with Crippen molar-refractivity contribution in [2.75, 3.05) is 25.1 Å². The van der Waals surface area contributed by atoms with Crippen molar-refractivity contribution in [3.05, 3.63) is 24.3 Å². The van der Waals surface area contributed by atoms with Crippen molar-refractivity contribution >= 4 is 11.6 Å². The Labute approximate surface area is 113 Å². The second kappa shape index (κ2) is 8.95. The number of carbonyl (C=O) groups is 1. The van der Waals surface area contributed by atoms with Crippen LogP contribution in [0.1, 0.15) is 19.8 Å². The minimum atomic E-state index is -0.0817. The Morgan fingerprint density at radius 2 is 2.05 bits per heavy atom. The van der Waals surface area contributed by atoms with E-state index in [0.717, 1.165) is 6.42 Å². The van der Waals surface area contributed by atoms with Gasteiger partial charge >= 0.3 is 0 Å². The van der Waals surface area contributed by atoms with Gasteiger partial charge in [0.15, 0.2) is 6.61 Å². The molecule has 1 rings (SSSR count). The molecule has 0 saturated carbocycles. The Morgan fingerprint density at radius 1 is 1.32 bits per heavy atom. The number of nitrogens with one attached hydrogen (secondary N) is 1. The van der Waals surface area contributed by atoms with Crippen molar-refractivity contribution in [1.82, 2.24) is 0 Å². The van der Waals surface area contributed by atoms with Gasteiger partial charge < -0.3 is 14.8 Å². The van der Waals surface area contributed by atoms with E-state index in [1.54, 1.807) is 24.3 Å².